The number of carbonyl (C=O) groups is 1. The highest BCUT2D eigenvalue weighted by atomic mass is 16.5. The summed E-state index contributed by atoms with van der Waals surface area (Å²) < 4.78 is 6.85. The molecule has 1 heterocycles. The molecule has 1 aromatic heterocycles. The van der Waals surface area contributed by atoms with Crippen LogP contribution in [0.5, 0.6) is 0 Å². The van der Waals surface area contributed by atoms with Crippen LogP contribution in [0.25, 0.3) is 0 Å². The standard InChI is InChI=1S/C13H18N2O2/c1-2-17-13(16)8-15-12(10-5-6-10)7-11(14-15)9-3-4-9/h7,9-10H,2-6,8H2,1H3. The first-order chi connectivity index (χ1) is 8.28. The Balaban J connectivity index is 1.78. The van der Waals surface area contributed by atoms with Crippen LogP contribution >= 0.6 is 0 Å². The van der Waals surface area contributed by atoms with Gasteiger partial charge in [-0.05, 0) is 38.7 Å². The quantitative estimate of drug-likeness (QED) is 0.734. The van der Waals surface area contributed by atoms with Crippen LogP contribution in [0.1, 0.15) is 55.8 Å². The topological polar surface area (TPSA) is 44.1 Å². The third kappa shape index (κ3) is 2.35. The maximum Gasteiger partial charge on any atom is 0.327 e. The lowest BCUT2D eigenvalue weighted by Gasteiger charge is -2.05. The maximum absolute atomic E-state index is 11.5. The van der Waals surface area contributed by atoms with E-state index in [1.807, 2.05) is 11.6 Å². The van der Waals surface area contributed by atoms with E-state index in [1.165, 1.54) is 37.1 Å². The SMILES string of the molecule is CCOC(=O)Cn1nc(C2CC2)cc1C1CC1. The van der Waals surface area contributed by atoms with Crippen molar-refractivity contribution in [3.8, 4) is 0 Å². The molecular formula is C13H18N2O2. The molecule has 0 amide bonds. The van der Waals surface area contributed by atoms with Gasteiger partial charge in [-0.25, -0.2) is 0 Å². The third-order valence-electron chi connectivity index (χ3n) is 3.41. The van der Waals surface area contributed by atoms with Gasteiger partial charge in [-0.1, -0.05) is 0 Å². The maximum atomic E-state index is 11.5. The normalized spacial score (nSPS) is 19.4. The van der Waals surface area contributed by atoms with E-state index in [9.17, 15) is 4.79 Å². The summed E-state index contributed by atoms with van der Waals surface area (Å²) in [7, 11) is 0. The molecule has 0 aliphatic heterocycles. The molecular weight excluding hydrogens is 216 g/mol. The predicted octanol–water partition coefficient (Wildman–Crippen LogP) is 2.20. The monoisotopic (exact) mass is 234 g/mol. The molecule has 4 heteroatoms. The van der Waals surface area contributed by atoms with Crippen LogP contribution in [0.15, 0.2) is 6.07 Å². The average Bonchev–Trinajstić information content (AvgIpc) is 3.19. The molecule has 2 aliphatic rings. The molecule has 17 heavy (non-hydrogen) atoms. The van der Waals surface area contributed by atoms with Crippen molar-refractivity contribution in [2.45, 2.75) is 51.0 Å². The number of hydrogen-bond donors (Lipinski definition) is 0. The second kappa shape index (κ2) is 4.17. The first kappa shape index (κ1) is 10.8. The summed E-state index contributed by atoms with van der Waals surface area (Å²) in [5.74, 6) is 1.10. The van der Waals surface area contributed by atoms with Gasteiger partial charge in [0.25, 0.3) is 0 Å². The van der Waals surface area contributed by atoms with Crippen LogP contribution in [0.3, 0.4) is 0 Å². The summed E-state index contributed by atoms with van der Waals surface area (Å²) in [6, 6.07) is 2.20. The van der Waals surface area contributed by atoms with E-state index in [0.29, 0.717) is 18.4 Å². The molecule has 0 radical (unpaired) electrons. The number of esters is 1. The first-order valence-corrected chi connectivity index (χ1v) is 6.51. The van der Waals surface area contributed by atoms with Crippen LogP contribution < -0.4 is 0 Å². The van der Waals surface area contributed by atoms with Crippen molar-refractivity contribution in [2.24, 2.45) is 0 Å². The zero-order valence-corrected chi connectivity index (χ0v) is 10.2. The molecule has 0 spiro atoms. The van der Waals surface area contributed by atoms with Crippen molar-refractivity contribution < 1.29 is 9.53 Å². The van der Waals surface area contributed by atoms with E-state index in [2.05, 4.69) is 11.2 Å². The Hall–Kier alpha value is -1.32. The van der Waals surface area contributed by atoms with Gasteiger partial charge in [-0.2, -0.15) is 5.10 Å². The first-order valence-electron chi connectivity index (χ1n) is 6.51. The predicted molar refractivity (Wildman–Crippen MR) is 62.8 cm³/mol. The molecule has 2 fully saturated rings. The fraction of sp³-hybridized carbons (Fsp3) is 0.692. The van der Waals surface area contributed by atoms with Crippen LogP contribution in [0.4, 0.5) is 0 Å². The Bertz CT molecular complexity index is 431. The van der Waals surface area contributed by atoms with Gasteiger partial charge < -0.3 is 4.74 Å². The number of nitrogens with zero attached hydrogens (tertiary/aromatic N) is 2. The average molecular weight is 234 g/mol. The molecule has 4 nitrogen and oxygen atoms in total. The fourth-order valence-corrected chi connectivity index (χ4v) is 2.19. The summed E-state index contributed by atoms with van der Waals surface area (Å²) in [5, 5.41) is 4.57. The molecule has 0 N–H and O–H groups in total. The van der Waals surface area contributed by atoms with Gasteiger partial charge in [0.2, 0.25) is 0 Å². The number of hydrogen-bond acceptors (Lipinski definition) is 3. The zero-order valence-electron chi connectivity index (χ0n) is 10.2. The van der Waals surface area contributed by atoms with Crippen molar-refractivity contribution in [1.29, 1.82) is 0 Å². The van der Waals surface area contributed by atoms with Gasteiger partial charge >= 0.3 is 5.97 Å². The lowest BCUT2D eigenvalue weighted by atomic mass is 10.2. The number of aromatic nitrogens is 2. The fourth-order valence-electron chi connectivity index (χ4n) is 2.19. The van der Waals surface area contributed by atoms with Gasteiger partial charge in [0.1, 0.15) is 6.54 Å². The van der Waals surface area contributed by atoms with Crippen molar-refractivity contribution in [3.63, 3.8) is 0 Å². The molecule has 0 aromatic carbocycles. The molecule has 2 aliphatic carbocycles. The van der Waals surface area contributed by atoms with Crippen LogP contribution in [0.2, 0.25) is 0 Å². The summed E-state index contributed by atoms with van der Waals surface area (Å²) in [5.41, 5.74) is 2.41. The van der Waals surface area contributed by atoms with E-state index in [4.69, 9.17) is 4.74 Å². The van der Waals surface area contributed by atoms with Crippen molar-refractivity contribution in [1.82, 2.24) is 9.78 Å². The highest BCUT2D eigenvalue weighted by Crippen LogP contribution is 2.44. The Morgan fingerprint density at radius 1 is 1.41 bits per heavy atom. The minimum atomic E-state index is -0.181. The Kier molecular flexibility index (Phi) is 2.65. The van der Waals surface area contributed by atoms with Gasteiger partial charge in [-0.3, -0.25) is 9.48 Å². The Morgan fingerprint density at radius 2 is 2.12 bits per heavy atom. The van der Waals surface area contributed by atoms with Crippen molar-refractivity contribution >= 4 is 5.97 Å². The van der Waals surface area contributed by atoms with E-state index in [0.717, 1.165) is 0 Å². The lowest BCUT2D eigenvalue weighted by molar-refractivity contribution is -0.144. The number of rotatable bonds is 5. The molecule has 0 bridgehead atoms. The lowest BCUT2D eigenvalue weighted by Crippen LogP contribution is -2.16. The van der Waals surface area contributed by atoms with E-state index in [1.54, 1.807) is 0 Å². The highest BCUT2D eigenvalue weighted by molar-refractivity contribution is 5.69. The van der Waals surface area contributed by atoms with Gasteiger partial charge in [0, 0.05) is 17.5 Å². The Morgan fingerprint density at radius 3 is 2.71 bits per heavy atom. The van der Waals surface area contributed by atoms with Crippen LogP contribution in [-0.2, 0) is 16.1 Å². The van der Waals surface area contributed by atoms with Gasteiger partial charge in [0.15, 0.2) is 0 Å². The molecule has 0 saturated heterocycles. The van der Waals surface area contributed by atoms with Gasteiger partial charge in [0.05, 0.1) is 12.3 Å². The van der Waals surface area contributed by atoms with E-state index < -0.39 is 0 Å². The second-order valence-electron chi connectivity index (χ2n) is 5.01. The molecule has 0 atom stereocenters. The van der Waals surface area contributed by atoms with Crippen LogP contribution in [0, 0.1) is 0 Å². The molecule has 3 rings (SSSR count). The largest absolute Gasteiger partial charge is 0.465 e. The molecule has 2 saturated carbocycles. The summed E-state index contributed by atoms with van der Waals surface area (Å²) in [6.45, 7) is 2.54. The zero-order chi connectivity index (χ0) is 11.8. The summed E-state index contributed by atoms with van der Waals surface area (Å²) in [4.78, 5) is 11.5. The smallest absolute Gasteiger partial charge is 0.327 e. The molecule has 0 unspecified atom stereocenters. The van der Waals surface area contributed by atoms with Crippen molar-refractivity contribution in [3.05, 3.63) is 17.5 Å². The molecule has 1 aromatic rings. The highest BCUT2D eigenvalue weighted by Gasteiger charge is 2.32. The minimum absolute atomic E-state index is 0.181. The van der Waals surface area contributed by atoms with Crippen molar-refractivity contribution in [2.75, 3.05) is 6.61 Å². The second-order valence-corrected chi connectivity index (χ2v) is 5.01. The van der Waals surface area contributed by atoms with E-state index >= 15 is 0 Å². The van der Waals surface area contributed by atoms with E-state index in [-0.39, 0.29) is 12.5 Å². The van der Waals surface area contributed by atoms with Crippen LogP contribution in [-0.4, -0.2) is 22.4 Å². The third-order valence-corrected chi connectivity index (χ3v) is 3.41. The Labute approximate surface area is 101 Å². The summed E-state index contributed by atoms with van der Waals surface area (Å²) in [6.07, 6.45) is 4.97. The molecule has 92 valence electrons. The summed E-state index contributed by atoms with van der Waals surface area (Å²) >= 11 is 0. The number of carbonyl (C=O) groups excluding carboxylic acids is 1. The minimum Gasteiger partial charge on any atom is -0.465 e. The number of ether oxygens (including phenoxy) is 1. The van der Waals surface area contributed by atoms with Gasteiger partial charge in [-0.15, -0.1) is 0 Å².